The molecular formula is C36H41ClN2O5. The first kappa shape index (κ1) is 31.9. The Morgan fingerprint density at radius 2 is 1.61 bits per heavy atom. The number of nitrogens with zero attached hydrogens (tertiary/aromatic N) is 2. The third-order valence-corrected chi connectivity index (χ3v) is 9.68. The van der Waals surface area contributed by atoms with Gasteiger partial charge in [0.2, 0.25) is 0 Å². The molecule has 0 spiro atoms. The topological polar surface area (TPSA) is 99.4 Å². The van der Waals surface area contributed by atoms with Gasteiger partial charge in [0.1, 0.15) is 11.3 Å². The number of carbonyl (C=O) groups is 2. The summed E-state index contributed by atoms with van der Waals surface area (Å²) in [5.41, 5.74) is 1.56. The molecule has 0 aliphatic carbocycles. The first-order chi connectivity index (χ1) is 21.3. The molecule has 7 nitrogen and oxygen atoms in total. The molecule has 2 heterocycles. The van der Waals surface area contributed by atoms with E-state index >= 15 is 0 Å². The normalized spacial score (nSPS) is 23.9. The zero-order valence-electron chi connectivity index (χ0n) is 25.1. The van der Waals surface area contributed by atoms with Crippen LogP contribution in [-0.4, -0.2) is 71.7 Å². The average Bonchev–Trinajstić information content (AvgIpc) is 3.54. The van der Waals surface area contributed by atoms with Gasteiger partial charge in [0.05, 0.1) is 19.3 Å². The van der Waals surface area contributed by atoms with Gasteiger partial charge in [-0.15, -0.1) is 0 Å². The standard InChI is InChI=1S/C36H41ClN2O5/c1-25-32(34(40)41)33(28-15-10-16-29(37)23-28)36(35(42)43,31(38-25)24-44-22-21-39-19-8-9-20-39)18-17-30(26-11-4-2-5-12-26)27-13-6-3-7-14-27/h2-7,10-16,23,30-33H,8-9,17-22,24H2,1H3,(H,40,41)(H,42,43). The fourth-order valence-electron chi connectivity index (χ4n) is 7.26. The number of likely N-dealkylation sites (tertiary alicyclic amines) is 1. The van der Waals surface area contributed by atoms with Gasteiger partial charge in [-0.25, -0.2) is 0 Å². The maximum absolute atomic E-state index is 13.8. The minimum atomic E-state index is -1.57. The molecule has 2 aliphatic heterocycles. The number of carboxylic acids is 2. The Balaban J connectivity index is 1.57. The third kappa shape index (κ3) is 6.90. The quantitative estimate of drug-likeness (QED) is 0.206. The predicted octanol–water partition coefficient (Wildman–Crippen LogP) is 6.76. The smallest absolute Gasteiger partial charge is 0.312 e. The van der Waals surface area contributed by atoms with Crippen molar-refractivity contribution in [3.8, 4) is 0 Å². The lowest BCUT2D eigenvalue weighted by Gasteiger charge is -2.48. The van der Waals surface area contributed by atoms with Gasteiger partial charge in [-0.05, 0) is 74.5 Å². The number of hydrogen-bond acceptors (Lipinski definition) is 5. The van der Waals surface area contributed by atoms with Crippen LogP contribution in [0.3, 0.4) is 0 Å². The van der Waals surface area contributed by atoms with Crippen molar-refractivity contribution in [1.29, 1.82) is 0 Å². The summed E-state index contributed by atoms with van der Waals surface area (Å²) in [6, 6.07) is 26.3. The molecule has 4 unspecified atom stereocenters. The van der Waals surface area contributed by atoms with Crippen LogP contribution < -0.4 is 0 Å². The van der Waals surface area contributed by atoms with Crippen LogP contribution in [0.25, 0.3) is 0 Å². The number of halogens is 1. The van der Waals surface area contributed by atoms with Crippen molar-refractivity contribution in [2.24, 2.45) is 16.3 Å². The average molecular weight is 617 g/mol. The highest BCUT2D eigenvalue weighted by Crippen LogP contribution is 2.53. The summed E-state index contributed by atoms with van der Waals surface area (Å²) in [6.07, 6.45) is 3.02. The lowest BCUT2D eigenvalue weighted by Crippen LogP contribution is -2.56. The van der Waals surface area contributed by atoms with Crippen LogP contribution in [0.4, 0.5) is 0 Å². The van der Waals surface area contributed by atoms with Crippen LogP contribution in [0.1, 0.15) is 61.1 Å². The van der Waals surface area contributed by atoms with Crippen LogP contribution in [0, 0.1) is 11.3 Å². The van der Waals surface area contributed by atoms with Crippen molar-refractivity contribution in [3.05, 3.63) is 107 Å². The lowest BCUT2D eigenvalue weighted by atomic mass is 9.57. The van der Waals surface area contributed by atoms with Crippen molar-refractivity contribution in [2.75, 3.05) is 32.8 Å². The van der Waals surface area contributed by atoms with Gasteiger partial charge in [-0.3, -0.25) is 14.6 Å². The van der Waals surface area contributed by atoms with Gasteiger partial charge in [0.25, 0.3) is 0 Å². The summed E-state index contributed by atoms with van der Waals surface area (Å²) in [4.78, 5) is 33.9. The van der Waals surface area contributed by atoms with Crippen LogP contribution in [0.15, 0.2) is 89.9 Å². The third-order valence-electron chi connectivity index (χ3n) is 9.44. The van der Waals surface area contributed by atoms with E-state index in [2.05, 4.69) is 29.2 Å². The number of aliphatic imine (C=N–C) groups is 1. The van der Waals surface area contributed by atoms with Crippen LogP contribution >= 0.6 is 11.6 Å². The summed E-state index contributed by atoms with van der Waals surface area (Å²) in [6.45, 7) is 5.09. The van der Waals surface area contributed by atoms with Gasteiger partial charge < -0.3 is 19.8 Å². The molecule has 0 aromatic heterocycles. The monoisotopic (exact) mass is 616 g/mol. The summed E-state index contributed by atoms with van der Waals surface area (Å²) in [5, 5.41) is 22.2. The largest absolute Gasteiger partial charge is 0.481 e. The highest BCUT2D eigenvalue weighted by atomic mass is 35.5. The molecule has 4 atom stereocenters. The Bertz CT molecular complexity index is 1400. The molecule has 44 heavy (non-hydrogen) atoms. The van der Waals surface area contributed by atoms with Gasteiger partial charge in [-0.2, -0.15) is 0 Å². The Morgan fingerprint density at radius 3 is 2.18 bits per heavy atom. The Morgan fingerprint density at radius 1 is 0.977 bits per heavy atom. The molecule has 1 saturated heterocycles. The summed E-state index contributed by atoms with van der Waals surface area (Å²) < 4.78 is 6.18. The van der Waals surface area contributed by atoms with Gasteiger partial charge >= 0.3 is 11.9 Å². The first-order valence-corrected chi connectivity index (χ1v) is 15.8. The van der Waals surface area contributed by atoms with E-state index in [0.29, 0.717) is 29.3 Å². The summed E-state index contributed by atoms with van der Waals surface area (Å²) in [7, 11) is 0. The van der Waals surface area contributed by atoms with Crippen molar-refractivity contribution in [2.45, 2.75) is 50.5 Å². The van der Waals surface area contributed by atoms with Crippen LogP contribution in [-0.2, 0) is 14.3 Å². The number of rotatable bonds is 13. The van der Waals surface area contributed by atoms with Crippen LogP contribution in [0.2, 0.25) is 5.02 Å². The number of hydrogen-bond donors (Lipinski definition) is 2. The zero-order valence-corrected chi connectivity index (χ0v) is 25.9. The maximum atomic E-state index is 13.8. The highest BCUT2D eigenvalue weighted by molar-refractivity contribution is 6.30. The molecule has 0 bridgehead atoms. The zero-order chi connectivity index (χ0) is 31.1. The molecule has 3 aromatic carbocycles. The molecule has 0 amide bonds. The van der Waals surface area contributed by atoms with Crippen molar-refractivity contribution in [3.63, 3.8) is 0 Å². The Labute approximate surface area is 264 Å². The minimum absolute atomic E-state index is 0.0855. The first-order valence-electron chi connectivity index (χ1n) is 15.5. The fourth-order valence-corrected chi connectivity index (χ4v) is 7.46. The van der Waals surface area contributed by atoms with Gasteiger partial charge in [-0.1, -0.05) is 84.4 Å². The molecule has 1 fully saturated rings. The fraction of sp³-hybridized carbons (Fsp3) is 0.417. The molecule has 0 radical (unpaired) electrons. The molecule has 8 heteroatoms. The van der Waals surface area contributed by atoms with E-state index in [1.807, 2.05) is 36.4 Å². The molecule has 0 saturated carbocycles. The van der Waals surface area contributed by atoms with E-state index < -0.39 is 35.2 Å². The number of aliphatic carboxylic acids is 2. The molecular weight excluding hydrogens is 576 g/mol. The Kier molecular flexibility index (Phi) is 10.5. The summed E-state index contributed by atoms with van der Waals surface area (Å²) >= 11 is 6.43. The molecule has 2 N–H and O–H groups in total. The molecule has 3 aromatic rings. The number of carboxylic acid groups (broad SMARTS) is 2. The van der Waals surface area contributed by atoms with Crippen molar-refractivity contribution in [1.82, 2.24) is 4.90 Å². The van der Waals surface area contributed by atoms with E-state index in [0.717, 1.165) is 30.8 Å². The lowest BCUT2D eigenvalue weighted by molar-refractivity contribution is -0.158. The number of benzene rings is 3. The summed E-state index contributed by atoms with van der Waals surface area (Å²) in [5.74, 6) is -4.30. The molecule has 5 rings (SSSR count). The van der Waals surface area contributed by atoms with Gasteiger partial charge in [0.15, 0.2) is 0 Å². The molecule has 2 aliphatic rings. The second-order valence-corrected chi connectivity index (χ2v) is 12.5. The highest BCUT2D eigenvalue weighted by Gasteiger charge is 2.59. The van der Waals surface area contributed by atoms with E-state index in [1.54, 1.807) is 31.2 Å². The van der Waals surface area contributed by atoms with Gasteiger partial charge in [0, 0.05) is 29.1 Å². The maximum Gasteiger partial charge on any atom is 0.312 e. The second kappa shape index (κ2) is 14.5. The Hall–Kier alpha value is -3.52. The molecule has 232 valence electrons. The van der Waals surface area contributed by atoms with E-state index in [9.17, 15) is 19.8 Å². The van der Waals surface area contributed by atoms with E-state index in [-0.39, 0.29) is 18.9 Å². The minimum Gasteiger partial charge on any atom is -0.481 e. The van der Waals surface area contributed by atoms with Crippen LogP contribution in [0.5, 0.6) is 0 Å². The second-order valence-electron chi connectivity index (χ2n) is 12.0. The van der Waals surface area contributed by atoms with Crippen molar-refractivity contribution >= 4 is 29.3 Å². The SMILES string of the molecule is CC1=NC(COCCN2CCCC2)C(CCC(c2ccccc2)c2ccccc2)(C(=O)O)C(c2cccc(Cl)c2)C1C(=O)O. The van der Waals surface area contributed by atoms with E-state index in [4.69, 9.17) is 21.3 Å². The predicted molar refractivity (Wildman–Crippen MR) is 173 cm³/mol. The van der Waals surface area contributed by atoms with E-state index in [1.165, 1.54) is 12.8 Å². The number of ether oxygens (including phenoxy) is 1. The van der Waals surface area contributed by atoms with Crippen molar-refractivity contribution < 1.29 is 24.5 Å².